The Morgan fingerprint density at radius 2 is 2.27 bits per heavy atom. The molecule has 0 N–H and O–H groups in total. The first-order chi connectivity index (χ1) is 5.09. The summed E-state index contributed by atoms with van der Waals surface area (Å²) in [6.07, 6.45) is 0. The molecule has 1 aliphatic rings. The lowest BCUT2D eigenvalue weighted by Crippen LogP contribution is -2.48. The minimum absolute atomic E-state index is 0.136. The molecule has 4 heteroatoms. The van der Waals surface area contributed by atoms with Crippen molar-refractivity contribution < 1.29 is 4.79 Å². The van der Waals surface area contributed by atoms with Gasteiger partial charge in [0, 0.05) is 55.2 Å². The summed E-state index contributed by atoms with van der Waals surface area (Å²) < 4.78 is 0.136. The van der Waals surface area contributed by atoms with Gasteiger partial charge >= 0.3 is 0 Å². The average Bonchev–Trinajstić information content (AvgIpc) is 1.84. The van der Waals surface area contributed by atoms with Crippen LogP contribution in [-0.4, -0.2) is 47.4 Å². The van der Waals surface area contributed by atoms with Crippen molar-refractivity contribution in [1.29, 1.82) is 0 Å². The van der Waals surface area contributed by atoms with E-state index in [1.165, 1.54) is 0 Å². The summed E-state index contributed by atoms with van der Waals surface area (Å²) in [5.74, 6) is 0.698. The summed E-state index contributed by atoms with van der Waals surface area (Å²) >= 11 is 1.82. The van der Waals surface area contributed by atoms with Gasteiger partial charge in [0.05, 0.1) is 0 Å². The van der Waals surface area contributed by atoms with Crippen molar-refractivity contribution in [2.45, 2.75) is 0 Å². The molecule has 0 unspecified atom stereocenters. The molecule has 1 aliphatic heterocycles. The number of likely N-dealkylation sites (tertiary alicyclic amines) is 1. The SMILES string of the molecule is CN1CC(CN(C)C(=O)I)C1. The van der Waals surface area contributed by atoms with Crippen LogP contribution in [0, 0.1) is 5.92 Å². The van der Waals surface area contributed by atoms with Gasteiger partial charge in [-0.25, -0.2) is 0 Å². The molecular formula is C7H13IN2O. The van der Waals surface area contributed by atoms with Gasteiger partial charge < -0.3 is 9.80 Å². The number of carbonyl (C=O) groups is 1. The number of carbonyl (C=O) groups excluding carboxylic acids is 1. The Morgan fingerprint density at radius 1 is 1.73 bits per heavy atom. The van der Waals surface area contributed by atoms with Crippen LogP contribution in [0.15, 0.2) is 0 Å². The molecule has 0 atom stereocenters. The normalized spacial score (nSPS) is 19.5. The fourth-order valence-corrected chi connectivity index (χ4v) is 1.60. The van der Waals surface area contributed by atoms with Crippen LogP contribution in [-0.2, 0) is 0 Å². The number of hydrogen-bond acceptors (Lipinski definition) is 2. The highest BCUT2D eigenvalue weighted by atomic mass is 127. The molecule has 1 amide bonds. The van der Waals surface area contributed by atoms with E-state index in [1.807, 2.05) is 29.6 Å². The summed E-state index contributed by atoms with van der Waals surface area (Å²) in [5.41, 5.74) is 0. The lowest BCUT2D eigenvalue weighted by Gasteiger charge is -2.37. The Balaban J connectivity index is 2.16. The highest BCUT2D eigenvalue weighted by Gasteiger charge is 2.24. The maximum Gasteiger partial charge on any atom is 0.282 e. The van der Waals surface area contributed by atoms with Crippen molar-refractivity contribution >= 4 is 26.5 Å². The number of amides is 1. The van der Waals surface area contributed by atoms with Gasteiger partial charge in [0.2, 0.25) is 0 Å². The molecule has 3 nitrogen and oxygen atoms in total. The van der Waals surface area contributed by atoms with Gasteiger partial charge in [-0.1, -0.05) is 0 Å². The van der Waals surface area contributed by atoms with E-state index in [1.54, 1.807) is 4.90 Å². The highest BCUT2D eigenvalue weighted by molar-refractivity contribution is 14.1. The van der Waals surface area contributed by atoms with Crippen molar-refractivity contribution in [2.24, 2.45) is 5.92 Å². The second-order valence-corrected chi connectivity index (χ2v) is 4.14. The molecule has 0 radical (unpaired) electrons. The molecule has 1 fully saturated rings. The monoisotopic (exact) mass is 268 g/mol. The Morgan fingerprint density at radius 3 is 2.64 bits per heavy atom. The number of hydrogen-bond donors (Lipinski definition) is 0. The quantitative estimate of drug-likeness (QED) is 0.424. The fourth-order valence-electron chi connectivity index (χ4n) is 1.40. The standard InChI is InChI=1S/C7H13IN2O/c1-9-3-6(4-9)5-10(2)7(8)11/h6H,3-5H2,1-2H3. The maximum atomic E-state index is 10.8. The van der Waals surface area contributed by atoms with Crippen molar-refractivity contribution in [3.05, 3.63) is 0 Å². The third-order valence-electron chi connectivity index (χ3n) is 1.97. The number of rotatable bonds is 2. The van der Waals surface area contributed by atoms with Crippen LogP contribution >= 0.6 is 22.6 Å². The van der Waals surface area contributed by atoms with Crippen molar-refractivity contribution in [3.63, 3.8) is 0 Å². The van der Waals surface area contributed by atoms with Gasteiger partial charge in [0.15, 0.2) is 0 Å². The first-order valence-electron chi connectivity index (χ1n) is 3.68. The predicted molar refractivity (Wildman–Crippen MR) is 53.0 cm³/mol. The minimum atomic E-state index is 0.136. The Bertz CT molecular complexity index is 157. The lowest BCUT2D eigenvalue weighted by atomic mass is 10.0. The van der Waals surface area contributed by atoms with E-state index < -0.39 is 0 Å². The second-order valence-electron chi connectivity index (χ2n) is 3.22. The first-order valence-corrected chi connectivity index (χ1v) is 4.76. The molecule has 1 saturated heterocycles. The molecule has 0 aliphatic carbocycles. The number of halogens is 1. The molecule has 0 aromatic heterocycles. The van der Waals surface area contributed by atoms with E-state index in [4.69, 9.17) is 0 Å². The zero-order chi connectivity index (χ0) is 8.43. The zero-order valence-electron chi connectivity index (χ0n) is 6.88. The van der Waals surface area contributed by atoms with Crippen molar-refractivity contribution in [2.75, 3.05) is 33.7 Å². The van der Waals surface area contributed by atoms with Crippen LogP contribution in [0.5, 0.6) is 0 Å². The van der Waals surface area contributed by atoms with Crippen LogP contribution in [0.3, 0.4) is 0 Å². The summed E-state index contributed by atoms with van der Waals surface area (Å²) in [7, 11) is 3.95. The van der Waals surface area contributed by atoms with Gasteiger partial charge in [0.1, 0.15) is 0 Å². The largest absolute Gasteiger partial charge is 0.337 e. The van der Waals surface area contributed by atoms with Crippen molar-refractivity contribution in [1.82, 2.24) is 9.80 Å². The van der Waals surface area contributed by atoms with Gasteiger partial charge in [-0.3, -0.25) is 4.79 Å². The molecule has 1 heterocycles. The van der Waals surface area contributed by atoms with Crippen LogP contribution < -0.4 is 0 Å². The zero-order valence-corrected chi connectivity index (χ0v) is 9.04. The summed E-state index contributed by atoms with van der Waals surface area (Å²) in [6, 6.07) is 0. The van der Waals surface area contributed by atoms with Crippen molar-refractivity contribution in [3.8, 4) is 0 Å². The van der Waals surface area contributed by atoms with E-state index in [2.05, 4.69) is 11.9 Å². The second kappa shape index (κ2) is 3.71. The van der Waals surface area contributed by atoms with E-state index in [-0.39, 0.29) is 3.91 Å². The molecule has 0 bridgehead atoms. The molecule has 1 rings (SSSR count). The Labute approximate surface area is 80.9 Å². The third kappa shape index (κ3) is 2.59. The molecule has 0 aromatic carbocycles. The Kier molecular flexibility index (Phi) is 3.12. The molecule has 0 aromatic rings. The first kappa shape index (κ1) is 9.25. The number of nitrogens with zero attached hydrogens (tertiary/aromatic N) is 2. The lowest BCUT2D eigenvalue weighted by molar-refractivity contribution is 0.111. The van der Waals surface area contributed by atoms with E-state index in [0.29, 0.717) is 5.92 Å². The van der Waals surface area contributed by atoms with Crippen LogP contribution in [0.25, 0.3) is 0 Å². The molecular weight excluding hydrogens is 255 g/mol. The summed E-state index contributed by atoms with van der Waals surface area (Å²) in [6.45, 7) is 3.18. The predicted octanol–water partition coefficient (Wildman–Crippen LogP) is 1.03. The van der Waals surface area contributed by atoms with Gasteiger partial charge in [-0.15, -0.1) is 0 Å². The average molecular weight is 268 g/mol. The van der Waals surface area contributed by atoms with Crippen LogP contribution in [0.2, 0.25) is 0 Å². The summed E-state index contributed by atoms with van der Waals surface area (Å²) in [4.78, 5) is 14.8. The highest BCUT2D eigenvalue weighted by Crippen LogP contribution is 2.14. The summed E-state index contributed by atoms with van der Waals surface area (Å²) in [5, 5.41) is 0. The minimum Gasteiger partial charge on any atom is -0.337 e. The van der Waals surface area contributed by atoms with Gasteiger partial charge in [0.25, 0.3) is 3.91 Å². The molecule has 11 heavy (non-hydrogen) atoms. The molecule has 0 saturated carbocycles. The van der Waals surface area contributed by atoms with Gasteiger partial charge in [-0.05, 0) is 7.05 Å². The van der Waals surface area contributed by atoms with E-state index in [0.717, 1.165) is 19.6 Å². The van der Waals surface area contributed by atoms with E-state index in [9.17, 15) is 4.79 Å². The third-order valence-corrected chi connectivity index (χ3v) is 2.80. The topological polar surface area (TPSA) is 23.6 Å². The Hall–Kier alpha value is 0.160. The van der Waals surface area contributed by atoms with E-state index >= 15 is 0 Å². The van der Waals surface area contributed by atoms with Gasteiger partial charge in [-0.2, -0.15) is 0 Å². The van der Waals surface area contributed by atoms with Crippen LogP contribution in [0.4, 0.5) is 4.79 Å². The molecule has 0 spiro atoms. The van der Waals surface area contributed by atoms with Crippen LogP contribution in [0.1, 0.15) is 0 Å². The fraction of sp³-hybridized carbons (Fsp3) is 0.857. The smallest absolute Gasteiger partial charge is 0.282 e. The maximum absolute atomic E-state index is 10.8. The molecule has 64 valence electrons.